The summed E-state index contributed by atoms with van der Waals surface area (Å²) >= 11 is 0.968. The Balaban J connectivity index is 2.53. The topological polar surface area (TPSA) is 397 Å². The Kier molecular flexibility index (Phi) is 22.5. The highest BCUT2D eigenvalue weighted by atomic mass is 32.2. The number of guanidine groups is 1. The highest BCUT2D eigenvalue weighted by Gasteiger charge is 2.38. The van der Waals surface area contributed by atoms with Gasteiger partial charge in [0.25, 0.3) is 0 Å². The standard InChI is InChI=1S/C39H65N13O11S/c1-7-19(5)29-37(61)47-24(12-21-14-43-17-45-21)33(57)48-25(35(59)52-30(38(62)63)20(6)8-2)15-64-16-26(34(58)51-29)49-36(60)28(18(3)4)50-32(56)23(10-9-11-44-39(41)42)46-31(55)22(40)13-27(53)54/h14,17-20,22-26,28-30H,7-13,15-16,40H2,1-6H3,(H,43,45)(H,46,55)(H,47,61)(H,48,57)(H,49,60)(H,50,56)(H,51,58)(H,52,59)(H,53,54)(H,62,63)(H4,41,42,44)/t19-,20-,22-,23-,24-,25-,26-,28-,29-,30-/m0/s1. The second kappa shape index (κ2) is 26.6. The van der Waals surface area contributed by atoms with E-state index in [2.05, 4.69) is 52.2 Å². The van der Waals surface area contributed by atoms with Crippen LogP contribution in [0.25, 0.3) is 0 Å². The third-order valence-corrected chi connectivity index (χ3v) is 11.7. The maximum atomic E-state index is 14.2. The zero-order valence-corrected chi connectivity index (χ0v) is 37.8. The van der Waals surface area contributed by atoms with Gasteiger partial charge in [0.2, 0.25) is 41.4 Å². The van der Waals surface area contributed by atoms with E-state index in [0.717, 1.165) is 11.8 Å². The van der Waals surface area contributed by atoms with Crippen LogP contribution in [0.2, 0.25) is 0 Å². The molecule has 10 atom stereocenters. The van der Waals surface area contributed by atoms with Crippen molar-refractivity contribution in [1.29, 1.82) is 0 Å². The molecule has 64 heavy (non-hydrogen) atoms. The lowest BCUT2D eigenvalue weighted by Crippen LogP contribution is -2.61. The predicted octanol–water partition coefficient (Wildman–Crippen LogP) is -3.22. The van der Waals surface area contributed by atoms with Crippen LogP contribution in [-0.4, -0.2) is 146 Å². The molecule has 2 heterocycles. The van der Waals surface area contributed by atoms with E-state index in [4.69, 9.17) is 22.3 Å². The average molecular weight is 924 g/mol. The summed E-state index contributed by atoms with van der Waals surface area (Å²) in [6, 6.07) is -10.8. The minimum Gasteiger partial charge on any atom is -0.481 e. The summed E-state index contributed by atoms with van der Waals surface area (Å²) in [5, 5.41) is 37.2. The number of hydrogen-bond donors (Lipinski definition) is 13. The van der Waals surface area contributed by atoms with Gasteiger partial charge in [0.1, 0.15) is 42.3 Å². The van der Waals surface area contributed by atoms with Crippen molar-refractivity contribution in [2.45, 2.75) is 128 Å². The van der Waals surface area contributed by atoms with Gasteiger partial charge in [0.15, 0.2) is 5.96 Å². The Morgan fingerprint density at radius 2 is 1.56 bits per heavy atom. The molecule has 1 fully saturated rings. The number of hydrogen-bond acceptors (Lipinski definition) is 13. The fraction of sp³-hybridized carbons (Fsp3) is 0.667. The Hall–Kier alpha value is -5.98. The van der Waals surface area contributed by atoms with Crippen LogP contribution in [0.4, 0.5) is 0 Å². The van der Waals surface area contributed by atoms with Gasteiger partial charge in [-0.1, -0.05) is 54.4 Å². The van der Waals surface area contributed by atoms with E-state index in [0.29, 0.717) is 18.5 Å². The first-order valence-electron chi connectivity index (χ1n) is 21.0. The number of rotatable bonds is 22. The number of nitrogens with two attached hydrogens (primary N) is 3. The number of thioether (sulfide) groups is 1. The summed E-state index contributed by atoms with van der Waals surface area (Å²) in [7, 11) is 0. The highest BCUT2D eigenvalue weighted by molar-refractivity contribution is 7.99. The van der Waals surface area contributed by atoms with Gasteiger partial charge < -0.3 is 69.6 Å². The summed E-state index contributed by atoms with van der Waals surface area (Å²) in [4.78, 5) is 131. The van der Waals surface area contributed by atoms with Crippen molar-refractivity contribution in [3.05, 3.63) is 18.2 Å². The summed E-state index contributed by atoms with van der Waals surface area (Å²) in [6.07, 6.45) is 2.92. The molecule has 0 radical (unpaired) electrons. The normalized spacial score (nSPS) is 21.2. The van der Waals surface area contributed by atoms with E-state index in [-0.39, 0.29) is 43.3 Å². The van der Waals surface area contributed by atoms with E-state index in [1.807, 2.05) is 0 Å². The molecule has 24 nitrogen and oxygen atoms in total. The van der Waals surface area contributed by atoms with Gasteiger partial charge >= 0.3 is 11.9 Å². The molecule has 0 aliphatic carbocycles. The number of carbonyl (C=O) groups excluding carboxylic acids is 7. The van der Waals surface area contributed by atoms with E-state index < -0.39 is 126 Å². The minimum absolute atomic E-state index is 0.0556. The van der Waals surface area contributed by atoms with Crippen molar-refractivity contribution >= 4 is 71.0 Å². The first-order chi connectivity index (χ1) is 30.1. The van der Waals surface area contributed by atoms with Crippen LogP contribution in [0.1, 0.15) is 79.3 Å². The highest BCUT2D eigenvalue weighted by Crippen LogP contribution is 2.15. The van der Waals surface area contributed by atoms with Crippen molar-refractivity contribution in [1.82, 2.24) is 47.2 Å². The smallest absolute Gasteiger partial charge is 0.326 e. The fourth-order valence-electron chi connectivity index (χ4n) is 6.30. The van der Waals surface area contributed by atoms with Crippen molar-refractivity contribution in [2.75, 3.05) is 18.1 Å². The molecule has 1 aromatic heterocycles. The van der Waals surface area contributed by atoms with Gasteiger partial charge in [-0.3, -0.25) is 43.3 Å². The largest absolute Gasteiger partial charge is 0.481 e. The summed E-state index contributed by atoms with van der Waals surface area (Å²) in [5.41, 5.74) is 17.0. The number of nitrogens with zero attached hydrogens (tertiary/aromatic N) is 2. The van der Waals surface area contributed by atoms with Gasteiger partial charge in [0, 0.05) is 36.4 Å². The van der Waals surface area contributed by atoms with Crippen LogP contribution in [0.15, 0.2) is 17.5 Å². The molecule has 2 rings (SSSR count). The van der Waals surface area contributed by atoms with Gasteiger partial charge in [-0.25, -0.2) is 9.78 Å². The molecule has 1 aromatic rings. The first-order valence-corrected chi connectivity index (χ1v) is 22.2. The predicted molar refractivity (Wildman–Crippen MR) is 235 cm³/mol. The second-order valence-corrected chi connectivity index (χ2v) is 17.1. The van der Waals surface area contributed by atoms with E-state index in [1.54, 1.807) is 41.5 Å². The summed E-state index contributed by atoms with van der Waals surface area (Å²) in [5.74, 6) is -10.7. The number of carbonyl (C=O) groups is 9. The number of aliphatic imine (C=N–C) groups is 1. The molecule has 1 aliphatic heterocycles. The Labute approximate surface area is 375 Å². The monoisotopic (exact) mass is 923 g/mol. The number of aromatic amines is 1. The third-order valence-electron chi connectivity index (χ3n) is 10.6. The lowest BCUT2D eigenvalue weighted by molar-refractivity contribution is -0.143. The van der Waals surface area contributed by atoms with Crippen LogP contribution in [0.5, 0.6) is 0 Å². The molecule has 1 saturated heterocycles. The molecule has 0 spiro atoms. The van der Waals surface area contributed by atoms with Crippen LogP contribution in [0, 0.1) is 17.8 Å². The Morgan fingerprint density at radius 3 is 2.12 bits per heavy atom. The number of nitrogens with one attached hydrogen (secondary N) is 8. The van der Waals surface area contributed by atoms with Crippen molar-refractivity contribution in [3.63, 3.8) is 0 Å². The first kappa shape index (κ1) is 54.2. The molecule has 0 bridgehead atoms. The number of aromatic nitrogens is 2. The number of amides is 7. The van der Waals surface area contributed by atoms with E-state index >= 15 is 0 Å². The van der Waals surface area contributed by atoms with Gasteiger partial charge in [0.05, 0.1) is 18.8 Å². The quantitative estimate of drug-likeness (QED) is 0.0309. The van der Waals surface area contributed by atoms with Gasteiger partial charge in [-0.2, -0.15) is 11.8 Å². The zero-order valence-electron chi connectivity index (χ0n) is 37.0. The van der Waals surface area contributed by atoms with Crippen molar-refractivity contribution in [3.8, 4) is 0 Å². The van der Waals surface area contributed by atoms with Gasteiger partial charge in [-0.15, -0.1) is 0 Å². The molecule has 1 aliphatic rings. The fourth-order valence-corrected chi connectivity index (χ4v) is 7.38. The van der Waals surface area contributed by atoms with Gasteiger partial charge in [-0.05, 0) is 30.6 Å². The van der Waals surface area contributed by atoms with Crippen LogP contribution < -0.4 is 54.4 Å². The Morgan fingerprint density at radius 1 is 0.875 bits per heavy atom. The molecule has 25 heteroatoms. The summed E-state index contributed by atoms with van der Waals surface area (Å²) in [6.45, 7) is 10.2. The van der Waals surface area contributed by atoms with Crippen molar-refractivity contribution in [2.24, 2.45) is 39.9 Å². The molecule has 0 unspecified atom stereocenters. The minimum atomic E-state index is -1.50. The molecular weight excluding hydrogens is 859 g/mol. The lowest BCUT2D eigenvalue weighted by atomic mass is 9.97. The maximum Gasteiger partial charge on any atom is 0.326 e. The molecular formula is C39H65N13O11S. The third kappa shape index (κ3) is 17.7. The molecule has 0 saturated carbocycles. The van der Waals surface area contributed by atoms with E-state index in [1.165, 1.54) is 12.5 Å². The number of carboxylic acid groups (broad SMARTS) is 2. The Bertz CT molecular complexity index is 1810. The number of aliphatic carboxylic acids is 2. The van der Waals surface area contributed by atoms with E-state index in [9.17, 15) is 48.3 Å². The zero-order chi connectivity index (χ0) is 48.3. The van der Waals surface area contributed by atoms with Crippen LogP contribution in [-0.2, 0) is 49.6 Å². The lowest BCUT2D eigenvalue weighted by Gasteiger charge is -2.29. The number of H-pyrrole nitrogens is 1. The SMILES string of the molecule is CC[C@H](C)[C@H](NC(=O)[C@@H]1CSC[C@H](NC(=O)[C@@H](NC(=O)[C@H](CCCN=C(N)N)NC(=O)[C@@H](N)CC(=O)O)C(C)C)C(=O)N[C@@H]([C@@H](C)CC)C(=O)N[C@@H](Cc2cnc[nH]2)C(=O)N1)C(=O)O. The molecule has 358 valence electrons. The summed E-state index contributed by atoms with van der Waals surface area (Å²) < 4.78 is 0. The maximum absolute atomic E-state index is 14.2. The molecule has 7 amide bonds. The van der Waals surface area contributed by atoms with Crippen LogP contribution >= 0.6 is 11.8 Å². The van der Waals surface area contributed by atoms with Crippen LogP contribution in [0.3, 0.4) is 0 Å². The average Bonchev–Trinajstić information content (AvgIpc) is 3.75. The number of carboxylic acids is 2. The van der Waals surface area contributed by atoms with Crippen molar-refractivity contribution < 1.29 is 53.4 Å². The molecule has 0 aromatic carbocycles. The molecule has 16 N–H and O–H groups in total. The number of imidazole rings is 1. The second-order valence-electron chi connectivity index (χ2n) is 16.0.